The molecule has 3 aromatic carbocycles. The maximum atomic E-state index is 14.0. The summed E-state index contributed by atoms with van der Waals surface area (Å²) in [5, 5.41) is 12.2. The number of benzene rings is 3. The molecule has 0 saturated carbocycles. The van der Waals surface area contributed by atoms with Crippen LogP contribution in [-0.2, 0) is 23.9 Å². The van der Waals surface area contributed by atoms with Crippen LogP contribution < -0.4 is 4.90 Å². The topological polar surface area (TPSA) is 93.1 Å². The number of Topliss-reactive ketones (excluding diaryl/α,β-unsaturated/α-hetero) is 1. The fourth-order valence-corrected chi connectivity index (χ4v) is 4.38. The first-order chi connectivity index (χ1) is 19.4. The molecule has 1 N–H and O–H groups in total. The quantitative estimate of drug-likeness (QED) is 0.198. The van der Waals surface area contributed by atoms with Crippen LogP contribution in [-0.4, -0.2) is 48.2 Å². The van der Waals surface area contributed by atoms with E-state index in [9.17, 15) is 19.5 Å². The number of rotatable bonds is 8. The average Bonchev–Trinajstić information content (AvgIpc) is 2.99. The zero-order chi connectivity index (χ0) is 28.5. The van der Waals surface area contributed by atoms with Gasteiger partial charge in [0.05, 0.1) is 24.5 Å². The van der Waals surface area contributed by atoms with Gasteiger partial charge in [0, 0.05) is 17.8 Å². The van der Waals surface area contributed by atoms with Crippen molar-refractivity contribution < 1.29 is 29.0 Å². The molecular formula is C33H29NO6. The summed E-state index contributed by atoms with van der Waals surface area (Å²) in [5.41, 5.74) is -0.722. The van der Waals surface area contributed by atoms with Crippen molar-refractivity contribution in [1.82, 2.24) is 0 Å². The molecule has 3 aromatic rings. The van der Waals surface area contributed by atoms with Gasteiger partial charge in [0.25, 0.3) is 11.4 Å². The third-order valence-corrected chi connectivity index (χ3v) is 6.15. The average molecular weight is 536 g/mol. The van der Waals surface area contributed by atoms with Crippen molar-refractivity contribution in [2.45, 2.75) is 19.4 Å². The first-order valence-electron chi connectivity index (χ1n) is 12.9. The maximum Gasteiger partial charge on any atom is 0.379 e. The molecule has 1 aliphatic rings. The van der Waals surface area contributed by atoms with Gasteiger partial charge in [0.2, 0.25) is 0 Å². The van der Waals surface area contributed by atoms with Crippen molar-refractivity contribution in [1.29, 1.82) is 0 Å². The minimum Gasteiger partial charge on any atom is -0.463 e. The molecule has 0 radical (unpaired) electrons. The molecule has 4 rings (SSSR count). The second-order valence-corrected chi connectivity index (χ2v) is 8.76. The first-order valence-corrected chi connectivity index (χ1v) is 12.9. The monoisotopic (exact) mass is 535 g/mol. The molecule has 1 atom stereocenters. The fourth-order valence-electron chi connectivity index (χ4n) is 4.38. The minimum atomic E-state index is -2.82. The third kappa shape index (κ3) is 5.88. The molecule has 0 aliphatic carbocycles. The van der Waals surface area contributed by atoms with E-state index < -0.39 is 28.9 Å². The number of aliphatic hydroxyl groups is 1. The number of carbonyl (C=O) groups excluding carboxylic acids is 3. The van der Waals surface area contributed by atoms with Crippen molar-refractivity contribution >= 4 is 35.2 Å². The van der Waals surface area contributed by atoms with Gasteiger partial charge in [0.1, 0.15) is 0 Å². The molecule has 0 aromatic heterocycles. The van der Waals surface area contributed by atoms with Gasteiger partial charge in [-0.25, -0.2) is 9.59 Å². The van der Waals surface area contributed by atoms with Gasteiger partial charge in [-0.1, -0.05) is 84.8 Å². The summed E-state index contributed by atoms with van der Waals surface area (Å²) in [6.45, 7) is 3.24. The number of para-hydroxylation sites is 1. The van der Waals surface area contributed by atoms with E-state index in [1.165, 1.54) is 0 Å². The number of ether oxygens (including phenoxy) is 2. The first kappa shape index (κ1) is 28.1. The molecule has 0 saturated heterocycles. The van der Waals surface area contributed by atoms with Crippen LogP contribution in [0.15, 0.2) is 96.6 Å². The van der Waals surface area contributed by atoms with Gasteiger partial charge in [-0.3, -0.25) is 4.79 Å². The highest BCUT2D eigenvalue weighted by Gasteiger charge is 2.49. The Hall–Kier alpha value is -4.93. The minimum absolute atomic E-state index is 0.0820. The highest BCUT2D eigenvalue weighted by molar-refractivity contribution is 6.44. The van der Waals surface area contributed by atoms with Crippen LogP contribution >= 0.6 is 0 Å². The van der Waals surface area contributed by atoms with Crippen molar-refractivity contribution in [3.05, 3.63) is 113 Å². The molecule has 7 nitrogen and oxygen atoms in total. The van der Waals surface area contributed by atoms with E-state index in [1.54, 1.807) is 79.4 Å². The molecule has 1 unspecified atom stereocenters. The maximum absolute atomic E-state index is 14.0. The molecule has 0 spiro atoms. The van der Waals surface area contributed by atoms with E-state index in [0.717, 1.165) is 5.56 Å². The number of carbonyl (C=O) groups is 3. The number of hydrogen-bond acceptors (Lipinski definition) is 7. The summed E-state index contributed by atoms with van der Waals surface area (Å²) in [6, 6.07) is 24.9. The van der Waals surface area contributed by atoms with Crippen molar-refractivity contribution in [3.8, 4) is 11.8 Å². The van der Waals surface area contributed by atoms with E-state index in [1.807, 2.05) is 36.4 Å². The zero-order valence-corrected chi connectivity index (χ0v) is 22.3. The number of fused-ring (bicyclic) bond motifs is 1. The molecule has 7 heteroatoms. The van der Waals surface area contributed by atoms with E-state index in [-0.39, 0.29) is 25.5 Å². The lowest BCUT2D eigenvalue weighted by molar-refractivity contribution is -0.159. The van der Waals surface area contributed by atoms with Gasteiger partial charge in [0.15, 0.2) is 0 Å². The second kappa shape index (κ2) is 12.7. The largest absolute Gasteiger partial charge is 0.463 e. The Bertz CT molecular complexity index is 1510. The Morgan fingerprint density at radius 3 is 2.17 bits per heavy atom. The lowest BCUT2D eigenvalue weighted by atomic mass is 9.85. The third-order valence-electron chi connectivity index (χ3n) is 6.15. The molecule has 0 fully saturated rings. The molecule has 202 valence electrons. The van der Waals surface area contributed by atoms with Crippen LogP contribution in [0.2, 0.25) is 0 Å². The van der Waals surface area contributed by atoms with Crippen molar-refractivity contribution in [2.24, 2.45) is 0 Å². The Balaban J connectivity index is 2.11. The molecule has 1 heterocycles. The Labute approximate surface area is 233 Å². The number of esters is 2. The number of anilines is 1. The van der Waals surface area contributed by atoms with Crippen LogP contribution in [0.1, 0.15) is 30.5 Å². The standard InChI is InChI=1S/C33H29NO6/c1-3-39-31(36)30(35)28(33(38,32(37)40-4-2)22-21-24-14-7-5-8-15-24)29(26-17-9-6-10-18-26)34-23-13-19-25-16-11-12-20-27(25)34/h5-20,38H,3-4,23H2,1-2H3/b29-28-. The number of ketones is 1. The second-order valence-electron chi connectivity index (χ2n) is 8.76. The van der Waals surface area contributed by atoms with Gasteiger partial charge in [-0.05, 0) is 49.1 Å². The van der Waals surface area contributed by atoms with Crippen molar-refractivity contribution in [2.75, 3.05) is 24.7 Å². The molecular weight excluding hydrogens is 506 g/mol. The number of hydrogen-bond donors (Lipinski definition) is 1. The summed E-state index contributed by atoms with van der Waals surface area (Å²) in [7, 11) is 0. The van der Waals surface area contributed by atoms with Crippen LogP contribution in [0.5, 0.6) is 0 Å². The summed E-state index contributed by atoms with van der Waals surface area (Å²) in [5.74, 6) is 1.77. The summed E-state index contributed by atoms with van der Waals surface area (Å²) in [4.78, 5) is 42.3. The van der Waals surface area contributed by atoms with Crippen LogP contribution in [0.4, 0.5) is 5.69 Å². The number of nitrogens with zero attached hydrogens (tertiary/aromatic N) is 1. The van der Waals surface area contributed by atoms with Gasteiger partial charge in [-0.15, -0.1) is 0 Å². The normalized spacial score (nSPS) is 14.0. The molecule has 0 amide bonds. The Morgan fingerprint density at radius 1 is 0.875 bits per heavy atom. The van der Waals surface area contributed by atoms with E-state index in [0.29, 0.717) is 16.8 Å². The van der Waals surface area contributed by atoms with Gasteiger partial charge < -0.3 is 19.5 Å². The smallest absolute Gasteiger partial charge is 0.379 e. The summed E-state index contributed by atoms with van der Waals surface area (Å²) >= 11 is 0. The molecule has 40 heavy (non-hydrogen) atoms. The fraction of sp³-hybridized carbons (Fsp3) is 0.182. The van der Waals surface area contributed by atoms with Crippen LogP contribution in [0, 0.1) is 11.8 Å². The highest BCUT2D eigenvalue weighted by atomic mass is 16.6. The van der Waals surface area contributed by atoms with Gasteiger partial charge >= 0.3 is 11.9 Å². The SMILES string of the molecule is CCOC(=O)C(=O)/C(=C(\c1ccccc1)N1CC=Cc2ccccc21)C(O)(C#Cc1ccccc1)C(=O)OCC. The van der Waals surface area contributed by atoms with E-state index in [4.69, 9.17) is 9.47 Å². The lowest BCUT2D eigenvalue weighted by Gasteiger charge is -2.34. The van der Waals surface area contributed by atoms with Crippen LogP contribution in [0.3, 0.4) is 0 Å². The van der Waals surface area contributed by atoms with E-state index in [2.05, 4.69) is 11.8 Å². The Kier molecular flexibility index (Phi) is 8.95. The summed E-state index contributed by atoms with van der Waals surface area (Å²) < 4.78 is 10.3. The Morgan fingerprint density at radius 2 is 1.50 bits per heavy atom. The predicted molar refractivity (Wildman–Crippen MR) is 153 cm³/mol. The molecule has 1 aliphatic heterocycles. The van der Waals surface area contributed by atoms with E-state index >= 15 is 0 Å². The van der Waals surface area contributed by atoms with Gasteiger partial charge in [-0.2, -0.15) is 0 Å². The predicted octanol–water partition coefficient (Wildman–Crippen LogP) is 4.41. The highest BCUT2D eigenvalue weighted by Crippen LogP contribution is 2.38. The molecule has 0 bridgehead atoms. The van der Waals surface area contributed by atoms with Crippen molar-refractivity contribution in [3.63, 3.8) is 0 Å². The summed E-state index contributed by atoms with van der Waals surface area (Å²) in [6.07, 6.45) is 3.82. The zero-order valence-electron chi connectivity index (χ0n) is 22.3. The van der Waals surface area contributed by atoms with Crippen LogP contribution in [0.25, 0.3) is 11.8 Å². The lowest BCUT2D eigenvalue weighted by Crippen LogP contribution is -2.47.